The molecule has 0 bridgehead atoms. The van der Waals surface area contributed by atoms with E-state index < -0.39 is 24.1 Å². The molecular formula is C23H31N3O5. The monoisotopic (exact) mass is 429 g/mol. The number of alkyl carbamates (subject to hydrolysis) is 1. The first-order chi connectivity index (χ1) is 14.8. The summed E-state index contributed by atoms with van der Waals surface area (Å²) >= 11 is 0. The first-order valence-electron chi connectivity index (χ1n) is 10.5. The summed E-state index contributed by atoms with van der Waals surface area (Å²) < 4.78 is 5.22. The molecule has 8 heteroatoms. The van der Waals surface area contributed by atoms with Crippen LogP contribution in [0.5, 0.6) is 0 Å². The average Bonchev–Trinajstić information content (AvgIpc) is 3.15. The Morgan fingerprint density at radius 2 is 1.90 bits per heavy atom. The zero-order chi connectivity index (χ0) is 22.8. The van der Waals surface area contributed by atoms with Crippen molar-refractivity contribution < 1.29 is 23.9 Å². The maximum atomic E-state index is 12.9. The first kappa shape index (κ1) is 24.1. The van der Waals surface area contributed by atoms with Gasteiger partial charge in [-0.1, -0.05) is 50.8 Å². The summed E-state index contributed by atoms with van der Waals surface area (Å²) in [5.74, 6) is -1.23. The third-order valence-corrected chi connectivity index (χ3v) is 5.07. The highest BCUT2D eigenvalue weighted by Crippen LogP contribution is 2.17. The Morgan fingerprint density at radius 3 is 2.48 bits per heavy atom. The molecule has 0 aliphatic carbocycles. The molecule has 1 saturated heterocycles. The molecule has 1 aromatic rings. The smallest absolute Gasteiger partial charge is 0.408 e. The Hall–Kier alpha value is -3.16. The van der Waals surface area contributed by atoms with Crippen LogP contribution in [-0.2, 0) is 25.7 Å². The summed E-state index contributed by atoms with van der Waals surface area (Å²) in [5, 5.41) is 8.01. The van der Waals surface area contributed by atoms with E-state index in [0.29, 0.717) is 19.4 Å². The second kappa shape index (κ2) is 11.9. The molecule has 1 aliphatic rings. The van der Waals surface area contributed by atoms with Crippen LogP contribution in [0.4, 0.5) is 4.79 Å². The molecular weight excluding hydrogens is 398 g/mol. The minimum absolute atomic E-state index is 0.0804. The minimum Gasteiger partial charge on any atom is -0.445 e. The highest BCUT2D eigenvalue weighted by atomic mass is 16.5. The average molecular weight is 430 g/mol. The van der Waals surface area contributed by atoms with Crippen molar-refractivity contribution in [2.75, 3.05) is 6.54 Å². The van der Waals surface area contributed by atoms with Crippen LogP contribution in [0, 0.1) is 11.8 Å². The number of carbonyl (C=O) groups is 4. The molecule has 168 valence electrons. The molecule has 2 rings (SSSR count). The quantitative estimate of drug-likeness (QED) is 0.466. The fourth-order valence-electron chi connectivity index (χ4n) is 3.43. The predicted molar refractivity (Wildman–Crippen MR) is 116 cm³/mol. The largest absolute Gasteiger partial charge is 0.445 e. The lowest BCUT2D eigenvalue weighted by atomic mass is 9.95. The Morgan fingerprint density at radius 1 is 1.19 bits per heavy atom. The topological polar surface area (TPSA) is 114 Å². The molecule has 0 aromatic heterocycles. The van der Waals surface area contributed by atoms with Gasteiger partial charge in [-0.15, -0.1) is 0 Å². The second-order valence-electron chi connectivity index (χ2n) is 8.07. The van der Waals surface area contributed by atoms with Gasteiger partial charge in [0.25, 0.3) is 0 Å². The van der Waals surface area contributed by atoms with Crippen molar-refractivity contribution in [1.82, 2.24) is 16.0 Å². The molecule has 3 atom stereocenters. The van der Waals surface area contributed by atoms with Crippen molar-refractivity contribution >= 4 is 23.7 Å². The normalized spacial score (nSPS) is 17.4. The lowest BCUT2D eigenvalue weighted by Crippen LogP contribution is -2.52. The maximum Gasteiger partial charge on any atom is 0.408 e. The third-order valence-electron chi connectivity index (χ3n) is 5.07. The van der Waals surface area contributed by atoms with Crippen molar-refractivity contribution in [3.63, 3.8) is 0 Å². The van der Waals surface area contributed by atoms with Crippen molar-refractivity contribution in [3.8, 4) is 0 Å². The zero-order valence-electron chi connectivity index (χ0n) is 18.1. The Bertz CT molecular complexity index is 794. The standard InChI is InChI=1S/C23H31N3O5/c1-4-20(27)18(13-17-10-11-24-21(17)28)25-22(29)19(12-15(2)3)26-23(30)31-14-16-8-6-5-7-9-16/h4-9,15,17-19H,1,10-14H2,2-3H3,(H,24,28)(H,25,29)(H,26,30)/t17-,18-,19-/m0/s1. The summed E-state index contributed by atoms with van der Waals surface area (Å²) in [7, 11) is 0. The molecule has 1 heterocycles. The molecule has 8 nitrogen and oxygen atoms in total. The van der Waals surface area contributed by atoms with Crippen molar-refractivity contribution in [1.29, 1.82) is 0 Å². The molecule has 0 unspecified atom stereocenters. The Balaban J connectivity index is 2.00. The highest BCUT2D eigenvalue weighted by molar-refractivity contribution is 5.98. The van der Waals surface area contributed by atoms with Crippen LogP contribution in [0.1, 0.15) is 38.7 Å². The van der Waals surface area contributed by atoms with E-state index in [-0.39, 0.29) is 36.6 Å². The number of amides is 3. The minimum atomic E-state index is -0.879. The van der Waals surface area contributed by atoms with Gasteiger partial charge in [0, 0.05) is 12.5 Å². The van der Waals surface area contributed by atoms with Crippen LogP contribution in [0.15, 0.2) is 43.0 Å². The number of nitrogens with one attached hydrogen (secondary N) is 3. The lowest BCUT2D eigenvalue weighted by molar-refractivity contribution is -0.129. The van der Waals surface area contributed by atoms with Gasteiger partial charge in [-0.05, 0) is 36.8 Å². The van der Waals surface area contributed by atoms with E-state index in [9.17, 15) is 19.2 Å². The Labute approximate surface area is 182 Å². The Kier molecular flexibility index (Phi) is 9.24. The van der Waals surface area contributed by atoms with Crippen LogP contribution in [0.3, 0.4) is 0 Å². The summed E-state index contributed by atoms with van der Waals surface area (Å²) in [6.45, 7) is 7.97. The van der Waals surface area contributed by atoms with E-state index in [1.165, 1.54) is 0 Å². The van der Waals surface area contributed by atoms with E-state index in [4.69, 9.17) is 4.74 Å². The van der Waals surface area contributed by atoms with Gasteiger partial charge >= 0.3 is 6.09 Å². The molecule has 1 fully saturated rings. The van der Waals surface area contributed by atoms with Gasteiger partial charge in [-0.25, -0.2) is 4.79 Å². The number of hydrogen-bond acceptors (Lipinski definition) is 5. The van der Waals surface area contributed by atoms with Crippen LogP contribution >= 0.6 is 0 Å². The summed E-state index contributed by atoms with van der Waals surface area (Å²) in [5.41, 5.74) is 0.828. The van der Waals surface area contributed by atoms with E-state index in [1.54, 1.807) is 0 Å². The molecule has 3 N–H and O–H groups in total. The SMILES string of the molecule is C=CC(=O)[C@H](C[C@@H]1CCNC1=O)NC(=O)[C@H](CC(C)C)NC(=O)OCc1ccccc1. The number of carbonyl (C=O) groups excluding carboxylic acids is 4. The number of benzene rings is 1. The molecule has 31 heavy (non-hydrogen) atoms. The lowest BCUT2D eigenvalue weighted by Gasteiger charge is -2.24. The van der Waals surface area contributed by atoms with E-state index in [2.05, 4.69) is 22.5 Å². The fourth-order valence-corrected chi connectivity index (χ4v) is 3.43. The number of ketones is 1. The number of hydrogen-bond donors (Lipinski definition) is 3. The molecule has 3 amide bonds. The van der Waals surface area contributed by atoms with Crippen LogP contribution in [0.25, 0.3) is 0 Å². The van der Waals surface area contributed by atoms with Crippen LogP contribution < -0.4 is 16.0 Å². The molecule has 0 saturated carbocycles. The van der Waals surface area contributed by atoms with Gasteiger partial charge in [0.05, 0.1) is 6.04 Å². The van der Waals surface area contributed by atoms with Gasteiger partial charge < -0.3 is 20.7 Å². The van der Waals surface area contributed by atoms with Crippen LogP contribution in [0.2, 0.25) is 0 Å². The molecule has 1 aliphatic heterocycles. The van der Waals surface area contributed by atoms with Crippen molar-refractivity contribution in [2.45, 2.75) is 51.8 Å². The zero-order valence-corrected chi connectivity index (χ0v) is 18.1. The molecule has 0 radical (unpaired) electrons. The summed E-state index contributed by atoms with van der Waals surface area (Å²) in [6, 6.07) is 7.45. The highest BCUT2D eigenvalue weighted by Gasteiger charge is 2.32. The van der Waals surface area contributed by atoms with Gasteiger partial charge in [0.15, 0.2) is 5.78 Å². The maximum absolute atomic E-state index is 12.9. The van der Waals surface area contributed by atoms with Gasteiger partial charge in [-0.2, -0.15) is 0 Å². The fraction of sp³-hybridized carbons (Fsp3) is 0.478. The first-order valence-corrected chi connectivity index (χ1v) is 10.5. The van der Waals surface area contributed by atoms with Gasteiger partial charge in [-0.3, -0.25) is 14.4 Å². The number of ether oxygens (including phenoxy) is 1. The van der Waals surface area contributed by atoms with Crippen LogP contribution in [-0.4, -0.2) is 42.3 Å². The molecule has 0 spiro atoms. The predicted octanol–water partition coefficient (Wildman–Crippen LogP) is 2.09. The third kappa shape index (κ3) is 7.88. The van der Waals surface area contributed by atoms with E-state index in [0.717, 1.165) is 11.6 Å². The van der Waals surface area contributed by atoms with Crippen molar-refractivity contribution in [2.24, 2.45) is 11.8 Å². The van der Waals surface area contributed by atoms with Gasteiger partial charge in [0.2, 0.25) is 11.8 Å². The van der Waals surface area contributed by atoms with E-state index in [1.807, 2.05) is 44.2 Å². The molecule has 1 aromatic carbocycles. The van der Waals surface area contributed by atoms with E-state index >= 15 is 0 Å². The second-order valence-corrected chi connectivity index (χ2v) is 8.07. The van der Waals surface area contributed by atoms with Crippen molar-refractivity contribution in [3.05, 3.63) is 48.6 Å². The number of rotatable bonds is 11. The summed E-state index contributed by atoms with van der Waals surface area (Å²) in [4.78, 5) is 49.3. The van der Waals surface area contributed by atoms with Gasteiger partial charge in [0.1, 0.15) is 12.6 Å². The summed E-state index contributed by atoms with van der Waals surface area (Å²) in [6.07, 6.45) is 1.58.